The lowest BCUT2D eigenvalue weighted by molar-refractivity contribution is 0.574. The van der Waals surface area contributed by atoms with Crippen molar-refractivity contribution < 1.29 is 4.42 Å². The lowest BCUT2D eigenvalue weighted by atomic mass is 10.1. The van der Waals surface area contributed by atoms with Crippen LogP contribution in [0.15, 0.2) is 68.6 Å². The quantitative estimate of drug-likeness (QED) is 0.327. The molecule has 2 heterocycles. The van der Waals surface area contributed by atoms with E-state index in [1.54, 1.807) is 17.6 Å². The number of hydrogen-bond acceptors (Lipinski definition) is 5. The summed E-state index contributed by atoms with van der Waals surface area (Å²) in [5.74, 6) is 1.48. The minimum absolute atomic E-state index is 0.677. The molecule has 6 heteroatoms. The number of anilines is 1. The number of nitrogens with one attached hydrogen (secondary N) is 1. The molecule has 0 spiro atoms. The van der Waals surface area contributed by atoms with Gasteiger partial charge in [-0.3, -0.25) is 5.43 Å². The molecule has 0 unspecified atom stereocenters. The molecule has 0 saturated carbocycles. The zero-order valence-electron chi connectivity index (χ0n) is 13.4. The van der Waals surface area contributed by atoms with E-state index in [0.717, 1.165) is 31.1 Å². The molecular formula is C19H14BrN3OS. The Kier molecular flexibility index (Phi) is 4.38. The predicted molar refractivity (Wildman–Crippen MR) is 107 cm³/mol. The predicted octanol–water partition coefficient (Wildman–Crippen LogP) is 6.07. The highest BCUT2D eigenvalue weighted by atomic mass is 79.9. The van der Waals surface area contributed by atoms with Crippen molar-refractivity contribution in [2.24, 2.45) is 5.10 Å². The van der Waals surface area contributed by atoms with Crippen LogP contribution in [0.1, 0.15) is 11.3 Å². The van der Waals surface area contributed by atoms with Crippen LogP contribution < -0.4 is 5.43 Å². The van der Waals surface area contributed by atoms with Crippen molar-refractivity contribution in [1.29, 1.82) is 0 Å². The van der Waals surface area contributed by atoms with Crippen molar-refractivity contribution >= 4 is 48.8 Å². The maximum Gasteiger partial charge on any atom is 0.204 e. The van der Waals surface area contributed by atoms with Crippen molar-refractivity contribution in [2.75, 3.05) is 5.43 Å². The molecule has 4 nitrogen and oxygen atoms in total. The van der Waals surface area contributed by atoms with Gasteiger partial charge in [0.25, 0.3) is 0 Å². The largest absolute Gasteiger partial charge is 0.455 e. The zero-order chi connectivity index (χ0) is 17.2. The van der Waals surface area contributed by atoms with Gasteiger partial charge in [-0.2, -0.15) is 5.10 Å². The minimum atomic E-state index is 0.677. The molecule has 124 valence electrons. The Labute approximate surface area is 157 Å². The van der Waals surface area contributed by atoms with Crippen molar-refractivity contribution in [2.45, 2.75) is 6.92 Å². The lowest BCUT2D eigenvalue weighted by Crippen LogP contribution is -1.88. The van der Waals surface area contributed by atoms with E-state index in [4.69, 9.17) is 4.42 Å². The van der Waals surface area contributed by atoms with Gasteiger partial charge in [0.15, 0.2) is 0 Å². The van der Waals surface area contributed by atoms with Crippen LogP contribution in [-0.2, 0) is 0 Å². The fourth-order valence-electron chi connectivity index (χ4n) is 2.46. The van der Waals surface area contributed by atoms with Gasteiger partial charge in [-0.15, -0.1) is 0 Å². The first-order chi connectivity index (χ1) is 12.2. The molecule has 4 aromatic rings. The highest BCUT2D eigenvalue weighted by molar-refractivity contribution is 9.10. The number of aryl methyl sites for hydroxylation is 1. The Morgan fingerprint density at radius 1 is 1.16 bits per heavy atom. The Morgan fingerprint density at radius 2 is 2.04 bits per heavy atom. The number of halogens is 1. The number of furan rings is 1. The Morgan fingerprint density at radius 3 is 2.88 bits per heavy atom. The number of hydrazone groups is 1. The average molecular weight is 412 g/mol. The molecule has 0 fully saturated rings. The van der Waals surface area contributed by atoms with E-state index in [1.165, 1.54) is 5.56 Å². The summed E-state index contributed by atoms with van der Waals surface area (Å²) in [6.07, 6.45) is 1.65. The number of para-hydroxylation sites is 1. The Balaban J connectivity index is 1.49. The van der Waals surface area contributed by atoms with Crippen LogP contribution >= 0.6 is 27.3 Å². The SMILES string of the molecule is Cc1ccc(-c2ccc(/C=N/Nc3nc4ccccc4s3)o2)c(Br)c1. The summed E-state index contributed by atoms with van der Waals surface area (Å²) in [4.78, 5) is 4.47. The second-order valence-electron chi connectivity index (χ2n) is 5.54. The number of rotatable bonds is 4. The summed E-state index contributed by atoms with van der Waals surface area (Å²) in [5.41, 5.74) is 6.14. The van der Waals surface area contributed by atoms with Crippen LogP contribution in [0.25, 0.3) is 21.5 Å². The van der Waals surface area contributed by atoms with Crippen LogP contribution in [0.4, 0.5) is 5.13 Å². The van der Waals surface area contributed by atoms with Gasteiger partial charge in [-0.05, 0) is 48.9 Å². The monoisotopic (exact) mass is 411 g/mol. The highest BCUT2D eigenvalue weighted by Crippen LogP contribution is 2.30. The molecule has 0 aliphatic rings. The van der Waals surface area contributed by atoms with E-state index < -0.39 is 0 Å². The van der Waals surface area contributed by atoms with Gasteiger partial charge in [0.1, 0.15) is 11.5 Å². The van der Waals surface area contributed by atoms with Gasteiger partial charge < -0.3 is 4.42 Å². The van der Waals surface area contributed by atoms with E-state index in [1.807, 2.05) is 42.5 Å². The number of aromatic nitrogens is 1. The van der Waals surface area contributed by atoms with E-state index >= 15 is 0 Å². The van der Waals surface area contributed by atoms with Gasteiger partial charge in [-0.25, -0.2) is 4.98 Å². The molecule has 0 aliphatic carbocycles. The van der Waals surface area contributed by atoms with Crippen LogP contribution in [0.5, 0.6) is 0 Å². The fraction of sp³-hybridized carbons (Fsp3) is 0.0526. The molecular weight excluding hydrogens is 398 g/mol. The number of fused-ring (bicyclic) bond motifs is 1. The number of hydrogen-bond donors (Lipinski definition) is 1. The maximum absolute atomic E-state index is 5.85. The second-order valence-corrected chi connectivity index (χ2v) is 7.43. The summed E-state index contributed by atoms with van der Waals surface area (Å²) in [6.45, 7) is 2.06. The highest BCUT2D eigenvalue weighted by Gasteiger charge is 2.08. The summed E-state index contributed by atoms with van der Waals surface area (Å²) in [7, 11) is 0. The first kappa shape index (κ1) is 16.1. The van der Waals surface area contributed by atoms with Crippen LogP contribution in [-0.4, -0.2) is 11.2 Å². The zero-order valence-corrected chi connectivity index (χ0v) is 15.8. The standard InChI is InChI=1S/C19H14BrN3OS/c1-12-6-8-14(15(20)10-12)17-9-7-13(24-17)11-21-23-19-22-16-4-2-3-5-18(16)25-19/h2-11H,1H3,(H,22,23)/b21-11+. The van der Waals surface area contributed by atoms with E-state index in [0.29, 0.717) is 5.76 Å². The number of thiazole rings is 1. The molecule has 1 N–H and O–H groups in total. The van der Waals surface area contributed by atoms with Crippen LogP contribution in [0.3, 0.4) is 0 Å². The van der Waals surface area contributed by atoms with Crippen molar-refractivity contribution in [3.63, 3.8) is 0 Å². The molecule has 0 amide bonds. The van der Waals surface area contributed by atoms with Gasteiger partial charge in [-0.1, -0.05) is 45.5 Å². The normalized spacial score (nSPS) is 11.4. The van der Waals surface area contributed by atoms with Crippen molar-refractivity contribution in [3.05, 3.63) is 70.4 Å². The smallest absolute Gasteiger partial charge is 0.204 e. The molecule has 2 aromatic carbocycles. The Bertz CT molecular complexity index is 1030. The maximum atomic E-state index is 5.85. The summed E-state index contributed by atoms with van der Waals surface area (Å²) in [5, 5.41) is 4.97. The molecule has 0 aliphatic heterocycles. The van der Waals surface area contributed by atoms with Gasteiger partial charge in [0.05, 0.1) is 16.4 Å². The topological polar surface area (TPSA) is 50.4 Å². The summed E-state index contributed by atoms with van der Waals surface area (Å²) < 4.78 is 7.99. The minimum Gasteiger partial charge on any atom is -0.455 e. The molecule has 0 bridgehead atoms. The van der Waals surface area contributed by atoms with Crippen molar-refractivity contribution in [3.8, 4) is 11.3 Å². The van der Waals surface area contributed by atoms with Gasteiger partial charge in [0, 0.05) is 10.0 Å². The molecule has 4 rings (SSSR count). The average Bonchev–Trinajstić information content (AvgIpc) is 3.21. The van der Waals surface area contributed by atoms with Gasteiger partial charge >= 0.3 is 0 Å². The van der Waals surface area contributed by atoms with E-state index in [9.17, 15) is 0 Å². The van der Waals surface area contributed by atoms with E-state index in [-0.39, 0.29) is 0 Å². The summed E-state index contributed by atoms with van der Waals surface area (Å²) >= 11 is 5.15. The fourth-order valence-corrected chi connectivity index (χ4v) is 3.96. The first-order valence-corrected chi connectivity index (χ1v) is 9.31. The Hall–Kier alpha value is -2.44. The number of nitrogens with zero attached hydrogens (tertiary/aromatic N) is 2. The molecule has 2 aromatic heterocycles. The third-order valence-electron chi connectivity index (χ3n) is 3.66. The molecule has 0 atom stereocenters. The third-order valence-corrected chi connectivity index (χ3v) is 5.26. The molecule has 0 radical (unpaired) electrons. The molecule has 0 saturated heterocycles. The van der Waals surface area contributed by atoms with Crippen molar-refractivity contribution in [1.82, 2.24) is 4.98 Å². The molecule has 25 heavy (non-hydrogen) atoms. The van der Waals surface area contributed by atoms with Gasteiger partial charge in [0.2, 0.25) is 5.13 Å². The first-order valence-electron chi connectivity index (χ1n) is 7.70. The third kappa shape index (κ3) is 3.50. The summed E-state index contributed by atoms with van der Waals surface area (Å²) in [6, 6.07) is 18.0. The van der Waals surface area contributed by atoms with Crippen LogP contribution in [0, 0.1) is 6.92 Å². The van der Waals surface area contributed by atoms with Crippen LogP contribution in [0.2, 0.25) is 0 Å². The second kappa shape index (κ2) is 6.82. The number of benzene rings is 2. The lowest BCUT2D eigenvalue weighted by Gasteiger charge is -2.01. The van der Waals surface area contributed by atoms with E-state index in [2.05, 4.69) is 50.5 Å².